The van der Waals surface area contributed by atoms with Crippen LogP contribution in [0.15, 0.2) is 0 Å². The molecule has 0 aromatic rings. The van der Waals surface area contributed by atoms with E-state index in [0.717, 1.165) is 12.3 Å². The summed E-state index contributed by atoms with van der Waals surface area (Å²) in [4.78, 5) is 2.44. The summed E-state index contributed by atoms with van der Waals surface area (Å²) in [6, 6.07) is 0. The molecule has 9 heavy (non-hydrogen) atoms. The number of hydrogen-bond donors (Lipinski definition) is 0. The van der Waals surface area contributed by atoms with E-state index in [9.17, 15) is 0 Å². The monoisotopic (exact) mass is 219 g/mol. The smallest absolute Gasteiger partial charge is 0 e. The van der Waals surface area contributed by atoms with E-state index in [4.69, 9.17) is 12.6 Å². The molecule has 1 saturated heterocycles. The zero-order valence-electron chi connectivity index (χ0n) is 5.68. The average molecular weight is 219 g/mol. The molecule has 0 spiro atoms. The molecule has 1 aliphatic heterocycles. The Hall–Kier alpha value is 1.41. The van der Waals surface area contributed by atoms with Crippen LogP contribution in [-0.2, 0) is 45.3 Å². The van der Waals surface area contributed by atoms with Crippen molar-refractivity contribution >= 4 is 12.6 Å². The summed E-state index contributed by atoms with van der Waals surface area (Å²) >= 11 is 4.85. The van der Waals surface area contributed by atoms with Crippen LogP contribution >= 0.6 is 0 Å². The molecular formula is C6H12NSY-. The second-order valence-corrected chi connectivity index (χ2v) is 2.66. The third-order valence-corrected chi connectivity index (χ3v) is 1.79. The Labute approximate surface area is 87.9 Å². The van der Waals surface area contributed by atoms with Gasteiger partial charge in [0, 0.05) is 32.7 Å². The van der Waals surface area contributed by atoms with Crippen LogP contribution in [0, 0.1) is 0 Å². The first-order valence-electron chi connectivity index (χ1n) is 3.24. The van der Waals surface area contributed by atoms with Crippen LogP contribution in [0.3, 0.4) is 0 Å². The Morgan fingerprint density at radius 2 is 1.78 bits per heavy atom. The number of nitrogens with zero attached hydrogens (tertiary/aromatic N) is 1. The van der Waals surface area contributed by atoms with Crippen molar-refractivity contribution < 1.29 is 32.7 Å². The third-order valence-electron chi connectivity index (χ3n) is 1.61. The first-order chi connectivity index (χ1) is 3.93. The normalized spacial score (nSPS) is 19.7. The second-order valence-electron chi connectivity index (χ2n) is 2.25. The summed E-state index contributed by atoms with van der Waals surface area (Å²) in [5.74, 6) is 0.903. The summed E-state index contributed by atoms with van der Waals surface area (Å²) in [5, 5.41) is 0. The molecule has 3 heteroatoms. The van der Waals surface area contributed by atoms with Crippen molar-refractivity contribution in [2.75, 3.05) is 25.4 Å². The van der Waals surface area contributed by atoms with Gasteiger partial charge in [0.05, 0.1) is 0 Å². The number of likely N-dealkylation sites (tertiary alicyclic amines) is 1. The van der Waals surface area contributed by atoms with E-state index in [2.05, 4.69) is 4.90 Å². The summed E-state index contributed by atoms with van der Waals surface area (Å²) in [7, 11) is 0. The summed E-state index contributed by atoms with van der Waals surface area (Å²) < 4.78 is 0. The molecule has 1 heterocycles. The van der Waals surface area contributed by atoms with Crippen molar-refractivity contribution in [2.24, 2.45) is 0 Å². The van der Waals surface area contributed by atoms with Gasteiger partial charge in [-0.15, -0.1) is 0 Å². The van der Waals surface area contributed by atoms with Gasteiger partial charge in [-0.3, -0.25) is 0 Å². The Morgan fingerprint density at radius 3 is 2.22 bits per heavy atom. The summed E-state index contributed by atoms with van der Waals surface area (Å²) in [6.45, 7) is 3.71. The van der Waals surface area contributed by atoms with Gasteiger partial charge in [-0.05, 0) is 32.5 Å². The van der Waals surface area contributed by atoms with Crippen molar-refractivity contribution in [3.8, 4) is 0 Å². The van der Waals surface area contributed by atoms with Crippen molar-refractivity contribution in [3.05, 3.63) is 0 Å². The third kappa shape index (κ3) is 3.97. The molecule has 51 valence electrons. The molecule has 1 rings (SSSR count). The fourth-order valence-corrected chi connectivity index (χ4v) is 1.39. The van der Waals surface area contributed by atoms with Crippen LogP contribution < -0.4 is 0 Å². The maximum Gasteiger partial charge on any atom is 0 e. The zero-order valence-corrected chi connectivity index (χ0v) is 9.33. The van der Waals surface area contributed by atoms with Gasteiger partial charge in [0.1, 0.15) is 0 Å². The van der Waals surface area contributed by atoms with Gasteiger partial charge >= 0.3 is 0 Å². The molecule has 0 N–H and O–H groups in total. The van der Waals surface area contributed by atoms with E-state index in [0.29, 0.717) is 0 Å². The van der Waals surface area contributed by atoms with Crippen LogP contribution in [0.5, 0.6) is 0 Å². The van der Waals surface area contributed by atoms with Crippen molar-refractivity contribution in [3.63, 3.8) is 0 Å². The van der Waals surface area contributed by atoms with Gasteiger partial charge in [-0.1, -0.05) is 0 Å². The zero-order chi connectivity index (χ0) is 5.82. The Bertz CT molecular complexity index is 64.1. The first kappa shape index (κ1) is 10.4. The van der Waals surface area contributed by atoms with Crippen LogP contribution in [0.4, 0.5) is 0 Å². The van der Waals surface area contributed by atoms with Crippen molar-refractivity contribution in [2.45, 2.75) is 12.8 Å². The molecule has 0 aromatic heterocycles. The SMILES string of the molecule is [S-]CCN1CCCC1.[Y]. The van der Waals surface area contributed by atoms with Crippen molar-refractivity contribution in [1.29, 1.82) is 0 Å². The molecule has 0 aliphatic carbocycles. The molecule has 0 unspecified atom stereocenters. The van der Waals surface area contributed by atoms with E-state index < -0.39 is 0 Å². The maximum atomic E-state index is 4.85. The Kier molecular flexibility index (Phi) is 7.11. The second kappa shape index (κ2) is 6.15. The van der Waals surface area contributed by atoms with E-state index in [1.165, 1.54) is 25.9 Å². The number of hydrogen-bond acceptors (Lipinski definition) is 2. The van der Waals surface area contributed by atoms with Crippen LogP contribution in [-0.4, -0.2) is 30.3 Å². The standard InChI is InChI=1S/C6H13NS.Y/c8-6-5-7-3-1-2-4-7;/h8H,1-6H2;/p-1. The Morgan fingerprint density at radius 1 is 1.22 bits per heavy atom. The molecular weight excluding hydrogens is 207 g/mol. The summed E-state index contributed by atoms with van der Waals surface area (Å²) in [6.07, 6.45) is 2.77. The minimum absolute atomic E-state index is 0. The molecule has 0 bridgehead atoms. The Balaban J connectivity index is 0.000000640. The molecule has 0 atom stereocenters. The van der Waals surface area contributed by atoms with Gasteiger partial charge < -0.3 is 17.5 Å². The van der Waals surface area contributed by atoms with Gasteiger partial charge in [-0.25, -0.2) is 0 Å². The molecule has 0 saturated carbocycles. The minimum atomic E-state index is 0. The van der Waals surface area contributed by atoms with E-state index in [1.807, 2.05) is 0 Å². The largest absolute Gasteiger partial charge is 0.791 e. The van der Waals surface area contributed by atoms with Crippen LogP contribution in [0.1, 0.15) is 12.8 Å². The summed E-state index contributed by atoms with van der Waals surface area (Å²) in [5.41, 5.74) is 0. The molecule has 0 aromatic carbocycles. The predicted molar refractivity (Wildman–Crippen MR) is 37.9 cm³/mol. The van der Waals surface area contributed by atoms with Crippen LogP contribution in [0.2, 0.25) is 0 Å². The quantitative estimate of drug-likeness (QED) is 0.626. The van der Waals surface area contributed by atoms with Gasteiger partial charge in [-0.2, -0.15) is 5.75 Å². The molecule has 1 nitrogen and oxygen atoms in total. The van der Waals surface area contributed by atoms with E-state index in [1.54, 1.807) is 0 Å². The van der Waals surface area contributed by atoms with Crippen molar-refractivity contribution in [1.82, 2.24) is 4.90 Å². The van der Waals surface area contributed by atoms with Gasteiger partial charge in [0.25, 0.3) is 0 Å². The molecule has 1 radical (unpaired) electrons. The fourth-order valence-electron chi connectivity index (χ4n) is 1.14. The van der Waals surface area contributed by atoms with Gasteiger partial charge in [0.15, 0.2) is 0 Å². The van der Waals surface area contributed by atoms with Gasteiger partial charge in [0.2, 0.25) is 0 Å². The fraction of sp³-hybridized carbons (Fsp3) is 1.00. The first-order valence-corrected chi connectivity index (χ1v) is 3.81. The number of rotatable bonds is 2. The average Bonchev–Trinajstić information content (AvgIpc) is 2.19. The predicted octanol–water partition coefficient (Wildman–Crippen LogP) is 0.627. The molecule has 1 aliphatic rings. The molecule has 0 amide bonds. The van der Waals surface area contributed by atoms with E-state index >= 15 is 0 Å². The molecule has 1 fully saturated rings. The minimum Gasteiger partial charge on any atom is -0.791 e. The maximum absolute atomic E-state index is 4.85. The van der Waals surface area contributed by atoms with E-state index in [-0.39, 0.29) is 32.7 Å². The topological polar surface area (TPSA) is 3.24 Å². The van der Waals surface area contributed by atoms with Crippen LogP contribution in [0.25, 0.3) is 0 Å².